The van der Waals surface area contributed by atoms with Gasteiger partial charge in [0.05, 0.1) is 33.3 Å². The molecule has 0 spiro atoms. The summed E-state index contributed by atoms with van der Waals surface area (Å²) < 4.78 is 4.49. The van der Waals surface area contributed by atoms with Gasteiger partial charge in [-0.1, -0.05) is 129 Å². The van der Waals surface area contributed by atoms with Crippen LogP contribution in [0.5, 0.6) is 5.75 Å². The lowest BCUT2D eigenvalue weighted by molar-refractivity contribution is 0.477. The Morgan fingerprint density at radius 2 is 1.11 bits per heavy atom. The molecule has 5 nitrogen and oxygen atoms in total. The van der Waals surface area contributed by atoms with Crippen molar-refractivity contribution in [3.63, 3.8) is 0 Å². The van der Waals surface area contributed by atoms with Crippen LogP contribution in [0.4, 0.5) is 0 Å². The Kier molecular flexibility index (Phi) is 7.89. The predicted molar refractivity (Wildman–Crippen MR) is 230 cm³/mol. The predicted octanol–water partition coefficient (Wildman–Crippen LogP) is 12.6. The molecule has 0 amide bonds. The van der Waals surface area contributed by atoms with Crippen molar-refractivity contribution >= 4 is 32.8 Å². The van der Waals surface area contributed by atoms with Crippen LogP contribution in [0.15, 0.2) is 188 Å². The van der Waals surface area contributed by atoms with Crippen LogP contribution < -0.4 is 0 Å². The molecule has 1 N–H and O–H groups in total. The molecule has 268 valence electrons. The maximum atomic E-state index is 11.1. The normalized spacial score (nSPS) is 11.8. The molecule has 0 bridgehead atoms. The van der Waals surface area contributed by atoms with Crippen LogP contribution in [0.3, 0.4) is 0 Å². The Balaban J connectivity index is 1.27. The third-order valence-corrected chi connectivity index (χ3v) is 11.2. The molecule has 56 heavy (non-hydrogen) atoms. The topological polar surface area (TPSA) is 55.9 Å². The summed E-state index contributed by atoms with van der Waals surface area (Å²) >= 11 is 0. The van der Waals surface area contributed by atoms with Crippen molar-refractivity contribution in [3.8, 4) is 50.9 Å². The zero-order valence-corrected chi connectivity index (χ0v) is 31.1. The minimum absolute atomic E-state index is 0.185. The molecule has 0 aliphatic rings. The van der Waals surface area contributed by atoms with Gasteiger partial charge in [0.2, 0.25) is 0 Å². The number of rotatable bonds is 7. The van der Waals surface area contributed by atoms with E-state index in [0.29, 0.717) is 11.4 Å². The number of hydrogen-bond acceptors (Lipinski definition) is 3. The summed E-state index contributed by atoms with van der Waals surface area (Å²) in [6, 6.07) is 63.0. The lowest BCUT2D eigenvalue weighted by atomic mass is 9.76. The Hall–Kier alpha value is -7.24. The average molecular weight is 723 g/mol. The number of imidazole rings is 1. The van der Waals surface area contributed by atoms with Crippen LogP contribution in [-0.2, 0) is 5.41 Å². The number of fused-ring (bicyclic) bond motifs is 4. The van der Waals surface area contributed by atoms with E-state index in [4.69, 9.17) is 9.97 Å². The third kappa shape index (κ3) is 5.39. The molecule has 0 saturated carbocycles. The fraction of sp³-hybridized carbons (Fsp3) is 0.0588. The first kappa shape index (κ1) is 33.3. The smallest absolute Gasteiger partial charge is 0.149 e. The molecular weight excluding hydrogens is 685 g/mol. The first-order valence-corrected chi connectivity index (χ1v) is 19.0. The number of para-hydroxylation sites is 5. The maximum absolute atomic E-state index is 11.1. The average Bonchev–Trinajstić information content (AvgIpc) is 3.81. The van der Waals surface area contributed by atoms with Gasteiger partial charge in [-0.2, -0.15) is 0 Å². The SMILES string of the molecule is CC(C)(c1ccccc1)c1cc(-c2cccc3c2nc(-c2ccccc2O)n3-c2ccccc2)cc(-c2nccc3c2c2ccccc2n3-c2ccccc2)c1. The number of aromatic hydroxyl groups is 1. The number of phenols is 1. The summed E-state index contributed by atoms with van der Waals surface area (Å²) in [6.45, 7) is 4.59. The monoisotopic (exact) mass is 722 g/mol. The standard InChI is InChI=1S/C51H38N4O/c1-51(2,36-17-6-3-7-18-36)37-32-34(40-25-16-27-45-49(40)53-50(42-24-13-15-28-46(42)56)55(45)39-21-10-5-11-22-39)31-35(33-37)48-47-41-23-12-14-26-43(41)54(44(47)29-30-52-48)38-19-8-4-9-20-38/h3-33,56H,1-2H3. The molecule has 10 aromatic rings. The highest BCUT2D eigenvalue weighted by atomic mass is 16.3. The summed E-state index contributed by atoms with van der Waals surface area (Å²) in [5.74, 6) is 0.863. The van der Waals surface area contributed by atoms with Crippen molar-refractivity contribution in [2.24, 2.45) is 0 Å². The first-order chi connectivity index (χ1) is 27.5. The van der Waals surface area contributed by atoms with E-state index in [0.717, 1.165) is 66.6 Å². The highest BCUT2D eigenvalue weighted by Gasteiger charge is 2.27. The molecule has 0 radical (unpaired) electrons. The summed E-state index contributed by atoms with van der Waals surface area (Å²) in [5.41, 5.74) is 12.8. The highest BCUT2D eigenvalue weighted by molar-refractivity contribution is 6.15. The molecule has 0 aliphatic heterocycles. The Morgan fingerprint density at radius 3 is 1.86 bits per heavy atom. The minimum Gasteiger partial charge on any atom is -0.507 e. The summed E-state index contributed by atoms with van der Waals surface area (Å²) in [7, 11) is 0. The number of aromatic nitrogens is 4. The van der Waals surface area contributed by atoms with Crippen LogP contribution in [0, 0.1) is 0 Å². The molecule has 3 heterocycles. The number of phenolic OH excluding ortho intramolecular Hbond substituents is 1. The van der Waals surface area contributed by atoms with Crippen LogP contribution in [-0.4, -0.2) is 24.2 Å². The second-order valence-corrected chi connectivity index (χ2v) is 14.8. The Labute approximate surface area is 325 Å². The number of nitrogens with zero attached hydrogens (tertiary/aromatic N) is 4. The van der Waals surface area contributed by atoms with Gasteiger partial charge >= 0.3 is 0 Å². The van der Waals surface area contributed by atoms with E-state index >= 15 is 0 Å². The molecular formula is C51H38N4O. The number of hydrogen-bond donors (Lipinski definition) is 1. The Morgan fingerprint density at radius 1 is 0.500 bits per heavy atom. The molecule has 0 aliphatic carbocycles. The highest BCUT2D eigenvalue weighted by Crippen LogP contribution is 2.43. The molecule has 5 heteroatoms. The summed E-state index contributed by atoms with van der Waals surface area (Å²) in [4.78, 5) is 10.5. The van der Waals surface area contributed by atoms with Crippen molar-refractivity contribution in [2.75, 3.05) is 0 Å². The van der Waals surface area contributed by atoms with Gasteiger partial charge in [-0.05, 0) is 83.4 Å². The van der Waals surface area contributed by atoms with Crippen LogP contribution in [0.1, 0.15) is 25.0 Å². The fourth-order valence-corrected chi connectivity index (χ4v) is 8.30. The first-order valence-electron chi connectivity index (χ1n) is 19.0. The Bertz CT molecular complexity index is 3050. The van der Waals surface area contributed by atoms with Gasteiger partial charge in [0, 0.05) is 44.9 Å². The zero-order valence-electron chi connectivity index (χ0n) is 31.1. The van der Waals surface area contributed by atoms with Crippen LogP contribution in [0.2, 0.25) is 0 Å². The van der Waals surface area contributed by atoms with Crippen molar-refractivity contribution in [1.82, 2.24) is 19.1 Å². The zero-order chi connectivity index (χ0) is 37.8. The van der Waals surface area contributed by atoms with Crippen LogP contribution in [0.25, 0.3) is 78.0 Å². The van der Waals surface area contributed by atoms with Gasteiger partial charge < -0.3 is 9.67 Å². The van der Waals surface area contributed by atoms with Crippen molar-refractivity contribution in [2.45, 2.75) is 19.3 Å². The van der Waals surface area contributed by atoms with E-state index in [1.54, 1.807) is 6.07 Å². The van der Waals surface area contributed by atoms with Gasteiger partial charge in [0.25, 0.3) is 0 Å². The van der Waals surface area contributed by atoms with Crippen molar-refractivity contribution < 1.29 is 5.11 Å². The van der Waals surface area contributed by atoms with E-state index in [9.17, 15) is 5.11 Å². The molecule has 7 aromatic carbocycles. The molecule has 10 rings (SSSR count). The van der Waals surface area contributed by atoms with E-state index in [2.05, 4.69) is 163 Å². The molecule has 0 atom stereocenters. The second-order valence-electron chi connectivity index (χ2n) is 14.8. The van der Waals surface area contributed by atoms with E-state index in [1.807, 2.05) is 42.6 Å². The lowest BCUT2D eigenvalue weighted by Gasteiger charge is -2.27. The van der Waals surface area contributed by atoms with Crippen molar-refractivity contribution in [1.29, 1.82) is 0 Å². The molecule has 0 unspecified atom stereocenters. The van der Waals surface area contributed by atoms with Gasteiger partial charge in [-0.3, -0.25) is 9.55 Å². The second kappa shape index (κ2) is 13.3. The number of benzene rings is 7. The van der Waals surface area contributed by atoms with E-state index < -0.39 is 0 Å². The fourth-order valence-electron chi connectivity index (χ4n) is 8.30. The summed E-state index contributed by atoms with van der Waals surface area (Å²) in [6.07, 6.45) is 1.94. The summed E-state index contributed by atoms with van der Waals surface area (Å²) in [5, 5.41) is 13.4. The largest absolute Gasteiger partial charge is 0.507 e. The van der Waals surface area contributed by atoms with Gasteiger partial charge in [0.1, 0.15) is 11.6 Å². The van der Waals surface area contributed by atoms with Crippen LogP contribution >= 0.6 is 0 Å². The maximum Gasteiger partial charge on any atom is 0.149 e. The van der Waals surface area contributed by atoms with E-state index in [-0.39, 0.29) is 11.2 Å². The number of pyridine rings is 1. The molecule has 0 saturated heterocycles. The minimum atomic E-state index is -0.337. The van der Waals surface area contributed by atoms with E-state index in [1.165, 1.54) is 11.1 Å². The quantitative estimate of drug-likeness (QED) is 0.178. The molecule has 0 fully saturated rings. The van der Waals surface area contributed by atoms with Gasteiger partial charge in [-0.25, -0.2) is 4.98 Å². The molecule has 3 aromatic heterocycles. The van der Waals surface area contributed by atoms with Gasteiger partial charge in [0.15, 0.2) is 0 Å². The van der Waals surface area contributed by atoms with Crippen molar-refractivity contribution in [3.05, 3.63) is 199 Å². The lowest BCUT2D eigenvalue weighted by Crippen LogP contribution is -2.19. The third-order valence-electron chi connectivity index (χ3n) is 11.2. The van der Waals surface area contributed by atoms with Gasteiger partial charge in [-0.15, -0.1) is 0 Å².